The van der Waals surface area contributed by atoms with E-state index >= 15 is 0 Å². The summed E-state index contributed by atoms with van der Waals surface area (Å²) in [6.45, 7) is 8.07. The Kier molecular flexibility index (Phi) is 6.23. The van der Waals surface area contributed by atoms with Crippen molar-refractivity contribution < 1.29 is 5.11 Å². The van der Waals surface area contributed by atoms with Crippen LogP contribution in [-0.2, 0) is 0 Å². The van der Waals surface area contributed by atoms with Gasteiger partial charge in [0.25, 0.3) is 0 Å². The number of benzene rings is 1. The summed E-state index contributed by atoms with van der Waals surface area (Å²) in [6.07, 6.45) is 6.11. The van der Waals surface area contributed by atoms with Crippen LogP contribution in [0.5, 0.6) is 0 Å². The van der Waals surface area contributed by atoms with Gasteiger partial charge in [0, 0.05) is 6.21 Å². The molecule has 0 amide bonds. The molecular weight excluding hydrogens is 234 g/mol. The fourth-order valence-electron chi connectivity index (χ4n) is 2.04. The Morgan fingerprint density at radius 3 is 2.63 bits per heavy atom. The van der Waals surface area contributed by atoms with E-state index in [1.165, 1.54) is 5.56 Å². The molecule has 0 aliphatic rings. The van der Waals surface area contributed by atoms with E-state index in [4.69, 9.17) is 0 Å². The zero-order valence-corrected chi connectivity index (χ0v) is 12.7. The first-order valence-corrected chi connectivity index (χ1v) is 7.19. The average molecular weight is 261 g/mol. The monoisotopic (exact) mass is 261 g/mol. The zero-order chi connectivity index (χ0) is 14.3. The van der Waals surface area contributed by atoms with E-state index in [-0.39, 0.29) is 0 Å². The molecule has 0 aliphatic carbocycles. The number of rotatable bonds is 7. The van der Waals surface area contributed by atoms with Crippen molar-refractivity contribution in [3.63, 3.8) is 0 Å². The molecule has 1 aromatic rings. The summed E-state index contributed by atoms with van der Waals surface area (Å²) in [5.74, 6) is 0.620. The first-order chi connectivity index (χ1) is 8.88. The molecule has 1 rings (SSSR count). The SMILES string of the molecule is Cc1ccccc1N=CCC(C)CCCC(C)(C)O. The molecular formula is C17H27NO. The van der Waals surface area contributed by atoms with Crippen molar-refractivity contribution in [3.8, 4) is 0 Å². The number of hydrogen-bond acceptors (Lipinski definition) is 2. The van der Waals surface area contributed by atoms with Crippen LogP contribution in [-0.4, -0.2) is 16.9 Å². The third kappa shape index (κ3) is 7.12. The highest BCUT2D eigenvalue weighted by atomic mass is 16.3. The normalized spacial score (nSPS) is 13.9. The van der Waals surface area contributed by atoms with E-state index in [1.807, 2.05) is 38.3 Å². The van der Waals surface area contributed by atoms with Crippen LogP contribution in [0.2, 0.25) is 0 Å². The molecule has 1 atom stereocenters. The molecule has 0 saturated carbocycles. The predicted octanol–water partition coefficient (Wildman–Crippen LogP) is 4.66. The van der Waals surface area contributed by atoms with Gasteiger partial charge < -0.3 is 5.11 Å². The van der Waals surface area contributed by atoms with Crippen molar-refractivity contribution in [1.82, 2.24) is 0 Å². The molecule has 0 radical (unpaired) electrons. The number of hydrogen-bond donors (Lipinski definition) is 1. The molecule has 106 valence electrons. The van der Waals surface area contributed by atoms with Crippen LogP contribution in [0.15, 0.2) is 29.3 Å². The van der Waals surface area contributed by atoms with E-state index < -0.39 is 5.60 Å². The second-order valence-electron chi connectivity index (χ2n) is 6.14. The van der Waals surface area contributed by atoms with E-state index in [9.17, 15) is 5.11 Å². The maximum absolute atomic E-state index is 9.66. The van der Waals surface area contributed by atoms with E-state index in [2.05, 4.69) is 24.9 Å². The first-order valence-electron chi connectivity index (χ1n) is 7.19. The maximum atomic E-state index is 9.66. The summed E-state index contributed by atoms with van der Waals surface area (Å²) < 4.78 is 0. The Balaban J connectivity index is 2.30. The van der Waals surface area contributed by atoms with Crippen molar-refractivity contribution in [1.29, 1.82) is 0 Å². The fraction of sp³-hybridized carbons (Fsp3) is 0.588. The van der Waals surface area contributed by atoms with Crippen molar-refractivity contribution in [2.24, 2.45) is 10.9 Å². The van der Waals surface area contributed by atoms with Crippen molar-refractivity contribution in [3.05, 3.63) is 29.8 Å². The van der Waals surface area contributed by atoms with Crippen LogP contribution < -0.4 is 0 Å². The third-order valence-corrected chi connectivity index (χ3v) is 3.34. The van der Waals surface area contributed by atoms with Gasteiger partial charge in [0.15, 0.2) is 0 Å². The van der Waals surface area contributed by atoms with E-state index in [1.54, 1.807) is 0 Å². The van der Waals surface area contributed by atoms with Gasteiger partial charge in [-0.3, -0.25) is 4.99 Å². The third-order valence-electron chi connectivity index (χ3n) is 3.34. The molecule has 2 nitrogen and oxygen atoms in total. The molecule has 1 aromatic carbocycles. The summed E-state index contributed by atoms with van der Waals surface area (Å²) in [6, 6.07) is 8.18. The molecule has 2 heteroatoms. The van der Waals surface area contributed by atoms with Crippen LogP contribution in [0.1, 0.15) is 52.0 Å². The number of nitrogens with zero attached hydrogens (tertiary/aromatic N) is 1. The highest BCUT2D eigenvalue weighted by molar-refractivity contribution is 5.64. The predicted molar refractivity (Wildman–Crippen MR) is 83.3 cm³/mol. The molecule has 1 N–H and O–H groups in total. The van der Waals surface area contributed by atoms with Gasteiger partial charge in [0.05, 0.1) is 11.3 Å². The summed E-state index contributed by atoms with van der Waals surface area (Å²) >= 11 is 0. The molecule has 0 fully saturated rings. The van der Waals surface area contributed by atoms with Gasteiger partial charge in [-0.25, -0.2) is 0 Å². The molecule has 0 aromatic heterocycles. The molecule has 0 spiro atoms. The first kappa shape index (κ1) is 15.9. The summed E-state index contributed by atoms with van der Waals surface area (Å²) in [4.78, 5) is 4.53. The molecule has 0 aliphatic heterocycles. The minimum absolute atomic E-state index is 0.533. The quantitative estimate of drug-likeness (QED) is 0.711. The Morgan fingerprint density at radius 1 is 1.32 bits per heavy atom. The Labute approximate surface area is 117 Å². The fourth-order valence-corrected chi connectivity index (χ4v) is 2.04. The number of aryl methyl sites for hydroxylation is 1. The lowest BCUT2D eigenvalue weighted by Crippen LogP contribution is -2.18. The van der Waals surface area contributed by atoms with E-state index in [0.29, 0.717) is 5.92 Å². The Hall–Kier alpha value is -1.15. The van der Waals surface area contributed by atoms with Gasteiger partial charge in [0.1, 0.15) is 0 Å². The van der Waals surface area contributed by atoms with Crippen LogP contribution >= 0.6 is 0 Å². The highest BCUT2D eigenvalue weighted by Crippen LogP contribution is 2.19. The molecule has 0 heterocycles. The summed E-state index contributed by atoms with van der Waals surface area (Å²) in [5.41, 5.74) is 1.74. The number of aliphatic hydroxyl groups is 1. The topological polar surface area (TPSA) is 32.6 Å². The Morgan fingerprint density at radius 2 is 2.00 bits per heavy atom. The summed E-state index contributed by atoms with van der Waals surface area (Å²) in [5, 5.41) is 9.66. The van der Waals surface area contributed by atoms with Crippen LogP contribution in [0.4, 0.5) is 5.69 Å². The van der Waals surface area contributed by atoms with Crippen molar-refractivity contribution in [2.45, 2.75) is 59.0 Å². The van der Waals surface area contributed by atoms with Gasteiger partial charge in [-0.15, -0.1) is 0 Å². The second kappa shape index (κ2) is 7.44. The van der Waals surface area contributed by atoms with Gasteiger partial charge in [-0.2, -0.15) is 0 Å². The number of aliphatic imine (C=N–C) groups is 1. The molecule has 0 saturated heterocycles. The van der Waals surface area contributed by atoms with E-state index in [0.717, 1.165) is 31.4 Å². The second-order valence-corrected chi connectivity index (χ2v) is 6.14. The highest BCUT2D eigenvalue weighted by Gasteiger charge is 2.12. The lowest BCUT2D eigenvalue weighted by atomic mass is 9.95. The molecule has 1 unspecified atom stereocenters. The van der Waals surface area contributed by atoms with Crippen molar-refractivity contribution >= 4 is 11.9 Å². The minimum Gasteiger partial charge on any atom is -0.390 e. The van der Waals surface area contributed by atoms with Gasteiger partial charge in [-0.05, 0) is 51.2 Å². The lowest BCUT2D eigenvalue weighted by Gasteiger charge is -2.17. The molecule has 19 heavy (non-hydrogen) atoms. The smallest absolute Gasteiger partial charge is 0.0654 e. The lowest BCUT2D eigenvalue weighted by molar-refractivity contribution is 0.0671. The minimum atomic E-state index is -0.533. The van der Waals surface area contributed by atoms with Crippen LogP contribution in [0.25, 0.3) is 0 Å². The van der Waals surface area contributed by atoms with Crippen molar-refractivity contribution in [2.75, 3.05) is 0 Å². The van der Waals surface area contributed by atoms with Gasteiger partial charge >= 0.3 is 0 Å². The molecule has 0 bridgehead atoms. The zero-order valence-electron chi connectivity index (χ0n) is 12.7. The maximum Gasteiger partial charge on any atom is 0.0654 e. The van der Waals surface area contributed by atoms with Gasteiger partial charge in [0.2, 0.25) is 0 Å². The standard InChI is InChI=1S/C17H27NO/c1-14(8-7-12-17(3,4)19)11-13-18-16-10-6-5-9-15(16)2/h5-6,9-10,13-14,19H,7-8,11-12H2,1-4H3. The largest absolute Gasteiger partial charge is 0.390 e. The Bertz CT molecular complexity index is 404. The number of para-hydroxylation sites is 1. The van der Waals surface area contributed by atoms with Crippen LogP contribution in [0, 0.1) is 12.8 Å². The summed E-state index contributed by atoms with van der Waals surface area (Å²) in [7, 11) is 0. The average Bonchev–Trinajstić information content (AvgIpc) is 2.30. The van der Waals surface area contributed by atoms with Crippen LogP contribution in [0.3, 0.4) is 0 Å². The van der Waals surface area contributed by atoms with Gasteiger partial charge in [-0.1, -0.05) is 38.0 Å².